The lowest BCUT2D eigenvalue weighted by Crippen LogP contribution is -2.30. The van der Waals surface area contributed by atoms with Crippen LogP contribution in [0.4, 0.5) is 4.39 Å². The fourth-order valence-corrected chi connectivity index (χ4v) is 1.98. The van der Waals surface area contributed by atoms with Crippen molar-refractivity contribution in [2.45, 2.75) is 31.8 Å². The molecule has 0 heterocycles. The molecule has 4 nitrogen and oxygen atoms in total. The number of amidine groups is 1. The molecule has 1 saturated carbocycles. The van der Waals surface area contributed by atoms with Crippen LogP contribution in [0.15, 0.2) is 29.4 Å². The lowest BCUT2D eigenvalue weighted by atomic mass is 10.2. The van der Waals surface area contributed by atoms with Gasteiger partial charge in [0.05, 0.1) is 0 Å². The molecule has 5 heteroatoms. The van der Waals surface area contributed by atoms with Gasteiger partial charge in [-0.15, -0.1) is 0 Å². The molecule has 1 aromatic carbocycles. The average molecular weight is 251 g/mol. The van der Waals surface area contributed by atoms with Gasteiger partial charge in [-0.2, -0.15) is 0 Å². The van der Waals surface area contributed by atoms with Gasteiger partial charge >= 0.3 is 0 Å². The van der Waals surface area contributed by atoms with Crippen molar-refractivity contribution >= 4 is 5.84 Å². The topological polar surface area (TPSA) is 61.8 Å². The SMILES string of the molecule is NC(CCN(Cc1ccccc1F)C1CC1)=NO. The molecule has 1 aliphatic rings. The molecule has 0 saturated heterocycles. The smallest absolute Gasteiger partial charge is 0.140 e. The van der Waals surface area contributed by atoms with Crippen molar-refractivity contribution in [1.29, 1.82) is 0 Å². The molecule has 0 atom stereocenters. The Morgan fingerprint density at radius 3 is 2.78 bits per heavy atom. The Balaban J connectivity index is 1.96. The van der Waals surface area contributed by atoms with Crippen LogP contribution in [0.1, 0.15) is 24.8 Å². The van der Waals surface area contributed by atoms with Crippen LogP contribution >= 0.6 is 0 Å². The Bertz CT molecular complexity index is 432. The zero-order valence-electron chi connectivity index (χ0n) is 10.2. The second-order valence-electron chi connectivity index (χ2n) is 4.63. The van der Waals surface area contributed by atoms with Crippen molar-refractivity contribution in [2.24, 2.45) is 10.9 Å². The molecule has 0 spiro atoms. The summed E-state index contributed by atoms with van der Waals surface area (Å²) in [5.41, 5.74) is 6.16. The van der Waals surface area contributed by atoms with E-state index in [-0.39, 0.29) is 11.7 Å². The van der Waals surface area contributed by atoms with Crippen molar-refractivity contribution in [2.75, 3.05) is 6.54 Å². The third-order valence-electron chi connectivity index (χ3n) is 3.18. The van der Waals surface area contributed by atoms with Gasteiger partial charge in [0, 0.05) is 31.1 Å². The lowest BCUT2D eigenvalue weighted by molar-refractivity contribution is 0.256. The molecule has 0 amide bonds. The van der Waals surface area contributed by atoms with E-state index in [4.69, 9.17) is 10.9 Å². The number of hydrogen-bond acceptors (Lipinski definition) is 3. The van der Waals surface area contributed by atoms with Gasteiger partial charge in [-0.05, 0) is 18.9 Å². The van der Waals surface area contributed by atoms with Crippen LogP contribution in [0.5, 0.6) is 0 Å². The first-order valence-electron chi connectivity index (χ1n) is 6.14. The summed E-state index contributed by atoms with van der Waals surface area (Å²) in [5, 5.41) is 11.5. The molecule has 0 unspecified atom stereocenters. The quantitative estimate of drug-likeness (QED) is 0.351. The van der Waals surface area contributed by atoms with Crippen LogP contribution in [0, 0.1) is 5.82 Å². The van der Waals surface area contributed by atoms with Gasteiger partial charge in [0.25, 0.3) is 0 Å². The van der Waals surface area contributed by atoms with Crippen LogP contribution in [0.25, 0.3) is 0 Å². The Hall–Kier alpha value is -1.62. The molecular weight excluding hydrogens is 233 g/mol. The molecule has 0 bridgehead atoms. The standard InChI is InChI=1S/C13H18FN3O/c14-12-4-2-1-3-10(12)9-17(11-5-6-11)8-7-13(15)16-18/h1-4,11,18H,5-9H2,(H2,15,16). The number of nitrogens with two attached hydrogens (primary N) is 1. The molecule has 0 radical (unpaired) electrons. The number of hydrogen-bond donors (Lipinski definition) is 2. The van der Waals surface area contributed by atoms with E-state index in [2.05, 4.69) is 10.1 Å². The minimum Gasteiger partial charge on any atom is -0.409 e. The highest BCUT2D eigenvalue weighted by atomic mass is 19.1. The molecule has 98 valence electrons. The molecule has 1 aliphatic carbocycles. The number of rotatable bonds is 6. The average Bonchev–Trinajstić information content (AvgIpc) is 3.20. The lowest BCUT2D eigenvalue weighted by Gasteiger charge is -2.21. The maximum absolute atomic E-state index is 13.6. The number of oxime groups is 1. The Morgan fingerprint density at radius 2 is 2.17 bits per heavy atom. The summed E-state index contributed by atoms with van der Waals surface area (Å²) in [5.74, 6) is 0.0427. The highest BCUT2D eigenvalue weighted by Gasteiger charge is 2.29. The van der Waals surface area contributed by atoms with E-state index in [9.17, 15) is 4.39 Å². The van der Waals surface area contributed by atoms with Crippen molar-refractivity contribution < 1.29 is 9.60 Å². The zero-order valence-corrected chi connectivity index (χ0v) is 10.2. The van der Waals surface area contributed by atoms with E-state index in [1.165, 1.54) is 6.07 Å². The molecule has 18 heavy (non-hydrogen) atoms. The first-order valence-corrected chi connectivity index (χ1v) is 6.14. The normalized spacial score (nSPS) is 16.2. The van der Waals surface area contributed by atoms with Gasteiger partial charge in [-0.25, -0.2) is 4.39 Å². The first kappa shape index (κ1) is 12.8. The van der Waals surface area contributed by atoms with Gasteiger partial charge < -0.3 is 10.9 Å². The monoisotopic (exact) mass is 251 g/mol. The molecule has 0 aromatic heterocycles. The summed E-state index contributed by atoms with van der Waals surface area (Å²) in [6.45, 7) is 1.27. The van der Waals surface area contributed by atoms with Crippen molar-refractivity contribution in [1.82, 2.24) is 4.90 Å². The minimum absolute atomic E-state index is 0.174. The van der Waals surface area contributed by atoms with Crippen LogP contribution in [0.3, 0.4) is 0 Å². The van der Waals surface area contributed by atoms with Crippen molar-refractivity contribution in [3.8, 4) is 0 Å². The fraction of sp³-hybridized carbons (Fsp3) is 0.462. The van der Waals surface area contributed by atoms with Crippen LogP contribution in [0.2, 0.25) is 0 Å². The molecule has 2 rings (SSSR count). The minimum atomic E-state index is -0.174. The molecule has 0 aliphatic heterocycles. The van der Waals surface area contributed by atoms with Crippen molar-refractivity contribution in [3.05, 3.63) is 35.6 Å². The zero-order chi connectivity index (χ0) is 13.0. The van der Waals surface area contributed by atoms with Gasteiger partial charge in [0.2, 0.25) is 0 Å². The first-order chi connectivity index (χ1) is 8.70. The third-order valence-corrected chi connectivity index (χ3v) is 3.18. The molecule has 1 aromatic rings. The summed E-state index contributed by atoms with van der Waals surface area (Å²) in [7, 11) is 0. The van der Waals surface area contributed by atoms with Crippen LogP contribution in [-0.2, 0) is 6.54 Å². The van der Waals surface area contributed by atoms with E-state index >= 15 is 0 Å². The van der Waals surface area contributed by atoms with Gasteiger partial charge in [-0.3, -0.25) is 4.90 Å². The summed E-state index contributed by atoms with van der Waals surface area (Å²) in [6, 6.07) is 7.32. The fourth-order valence-electron chi connectivity index (χ4n) is 1.98. The largest absolute Gasteiger partial charge is 0.409 e. The van der Waals surface area contributed by atoms with Crippen molar-refractivity contribution in [3.63, 3.8) is 0 Å². The Labute approximate surface area is 106 Å². The van der Waals surface area contributed by atoms with E-state index < -0.39 is 0 Å². The molecule has 1 fully saturated rings. The Kier molecular flexibility index (Phi) is 4.15. The number of nitrogens with zero attached hydrogens (tertiary/aromatic N) is 2. The van der Waals surface area contributed by atoms with E-state index in [0.29, 0.717) is 31.1 Å². The van der Waals surface area contributed by atoms with Crippen LogP contribution in [-0.4, -0.2) is 28.5 Å². The van der Waals surface area contributed by atoms with Gasteiger partial charge in [0.1, 0.15) is 11.7 Å². The van der Waals surface area contributed by atoms with E-state index in [1.807, 2.05) is 6.07 Å². The maximum Gasteiger partial charge on any atom is 0.140 e. The molecular formula is C13H18FN3O. The highest BCUT2D eigenvalue weighted by molar-refractivity contribution is 5.79. The second-order valence-corrected chi connectivity index (χ2v) is 4.63. The van der Waals surface area contributed by atoms with E-state index in [1.54, 1.807) is 12.1 Å². The maximum atomic E-state index is 13.6. The number of benzene rings is 1. The highest BCUT2D eigenvalue weighted by Crippen LogP contribution is 2.28. The van der Waals surface area contributed by atoms with Gasteiger partial charge in [-0.1, -0.05) is 23.4 Å². The molecule has 3 N–H and O–H groups in total. The van der Waals surface area contributed by atoms with E-state index in [0.717, 1.165) is 12.8 Å². The summed E-state index contributed by atoms with van der Waals surface area (Å²) in [4.78, 5) is 2.19. The van der Waals surface area contributed by atoms with Crippen LogP contribution < -0.4 is 5.73 Å². The van der Waals surface area contributed by atoms with Gasteiger partial charge in [0.15, 0.2) is 0 Å². The summed E-state index contributed by atoms with van der Waals surface area (Å²) >= 11 is 0. The predicted octanol–water partition coefficient (Wildman–Crippen LogP) is 1.93. The number of halogens is 1. The Morgan fingerprint density at radius 1 is 1.44 bits per heavy atom. The predicted molar refractivity (Wildman–Crippen MR) is 67.9 cm³/mol. The third kappa shape index (κ3) is 3.43. The second kappa shape index (κ2) is 5.82. The summed E-state index contributed by atoms with van der Waals surface area (Å²) < 4.78 is 13.6. The summed E-state index contributed by atoms with van der Waals surface area (Å²) in [6.07, 6.45) is 2.79.